The zero-order chi connectivity index (χ0) is 24.0. The number of rotatable bonds is 6. The standard InChI is InChI=1S/C22H28N6O4S/c1-22(2)13-24-8-7-18(22)28(33(4,30)31)20-16(21(23)29)11-26-27-12-15(9-17(20)27)14-5-6-19(32-3)25-10-14/h5-6,9-12,18,24H,7-8,13H2,1-4H3,(H2,23,29). The van der Waals surface area contributed by atoms with Gasteiger partial charge in [0, 0.05) is 36.1 Å². The third-order valence-electron chi connectivity index (χ3n) is 6.09. The number of methoxy groups -OCH3 is 1. The number of anilines is 1. The predicted molar refractivity (Wildman–Crippen MR) is 126 cm³/mol. The van der Waals surface area contributed by atoms with Crippen molar-refractivity contribution in [2.75, 3.05) is 30.8 Å². The first-order valence-electron chi connectivity index (χ1n) is 10.5. The summed E-state index contributed by atoms with van der Waals surface area (Å²) in [6.07, 6.45) is 6.49. The Morgan fingerprint density at radius 1 is 1.30 bits per heavy atom. The van der Waals surface area contributed by atoms with Gasteiger partial charge in [-0.05, 0) is 30.5 Å². The largest absolute Gasteiger partial charge is 0.481 e. The molecule has 0 spiro atoms. The molecule has 3 aromatic rings. The Morgan fingerprint density at radius 2 is 2.06 bits per heavy atom. The fraction of sp³-hybridized carbons (Fsp3) is 0.409. The van der Waals surface area contributed by atoms with Gasteiger partial charge < -0.3 is 15.8 Å². The molecule has 10 nitrogen and oxygen atoms in total. The number of piperidine rings is 1. The van der Waals surface area contributed by atoms with Crippen molar-refractivity contribution in [1.82, 2.24) is 19.9 Å². The molecule has 0 radical (unpaired) electrons. The van der Waals surface area contributed by atoms with Gasteiger partial charge in [0.15, 0.2) is 0 Å². The van der Waals surface area contributed by atoms with Crippen LogP contribution in [0, 0.1) is 5.41 Å². The fourth-order valence-electron chi connectivity index (χ4n) is 4.43. The molecule has 0 bridgehead atoms. The zero-order valence-corrected chi connectivity index (χ0v) is 19.9. The molecule has 0 saturated carbocycles. The van der Waals surface area contributed by atoms with E-state index in [9.17, 15) is 13.2 Å². The van der Waals surface area contributed by atoms with Crippen LogP contribution in [0.3, 0.4) is 0 Å². The maximum atomic E-state index is 13.2. The average molecular weight is 473 g/mol. The molecule has 4 rings (SSSR count). The molecular formula is C22H28N6O4S. The number of carbonyl (C=O) groups is 1. The Kier molecular flexibility index (Phi) is 5.79. The van der Waals surface area contributed by atoms with Crippen molar-refractivity contribution in [2.24, 2.45) is 11.1 Å². The van der Waals surface area contributed by atoms with E-state index in [0.29, 0.717) is 30.9 Å². The number of carbonyl (C=O) groups excluding carboxylic acids is 1. The molecule has 3 N–H and O–H groups in total. The molecular weight excluding hydrogens is 444 g/mol. The first kappa shape index (κ1) is 23.0. The van der Waals surface area contributed by atoms with Gasteiger partial charge in [-0.2, -0.15) is 5.10 Å². The maximum Gasteiger partial charge on any atom is 0.252 e. The van der Waals surface area contributed by atoms with Crippen molar-refractivity contribution >= 4 is 27.1 Å². The number of pyridine rings is 1. The lowest BCUT2D eigenvalue weighted by atomic mass is 9.79. The number of hydrogen-bond donors (Lipinski definition) is 2. The molecule has 3 aromatic heterocycles. The number of ether oxygens (including phenoxy) is 1. The quantitative estimate of drug-likeness (QED) is 0.558. The number of primary amides is 1. The molecule has 1 saturated heterocycles. The highest BCUT2D eigenvalue weighted by molar-refractivity contribution is 7.92. The van der Waals surface area contributed by atoms with Crippen LogP contribution in [0.1, 0.15) is 30.6 Å². The lowest BCUT2D eigenvalue weighted by molar-refractivity contribution is 0.1000. The van der Waals surface area contributed by atoms with Crippen molar-refractivity contribution in [3.05, 3.63) is 42.4 Å². The van der Waals surface area contributed by atoms with Gasteiger partial charge in [0.05, 0.1) is 42.4 Å². The highest BCUT2D eigenvalue weighted by Gasteiger charge is 2.42. The first-order chi connectivity index (χ1) is 15.5. The normalized spacial score (nSPS) is 18.2. The van der Waals surface area contributed by atoms with Crippen molar-refractivity contribution in [1.29, 1.82) is 0 Å². The number of fused-ring (bicyclic) bond motifs is 1. The van der Waals surface area contributed by atoms with Crippen LogP contribution in [0.25, 0.3) is 16.6 Å². The van der Waals surface area contributed by atoms with Gasteiger partial charge in [0.2, 0.25) is 15.9 Å². The number of amides is 1. The van der Waals surface area contributed by atoms with Gasteiger partial charge in [0.25, 0.3) is 5.91 Å². The number of nitrogens with one attached hydrogen (secondary N) is 1. The van der Waals surface area contributed by atoms with Gasteiger partial charge in [0.1, 0.15) is 0 Å². The van der Waals surface area contributed by atoms with Crippen LogP contribution in [0.2, 0.25) is 0 Å². The molecule has 33 heavy (non-hydrogen) atoms. The second-order valence-corrected chi connectivity index (χ2v) is 10.8. The fourth-order valence-corrected chi connectivity index (χ4v) is 5.81. The lowest BCUT2D eigenvalue weighted by Gasteiger charge is -2.45. The van der Waals surface area contributed by atoms with E-state index in [1.165, 1.54) is 17.6 Å². The van der Waals surface area contributed by atoms with E-state index in [1.54, 1.807) is 29.0 Å². The van der Waals surface area contributed by atoms with Gasteiger partial charge in [-0.15, -0.1) is 0 Å². The van der Waals surface area contributed by atoms with E-state index in [2.05, 4.69) is 15.4 Å². The minimum absolute atomic E-state index is 0.0553. The predicted octanol–water partition coefficient (Wildman–Crippen LogP) is 1.66. The molecule has 1 amide bonds. The van der Waals surface area contributed by atoms with Crippen molar-refractivity contribution in [3.63, 3.8) is 0 Å². The zero-order valence-electron chi connectivity index (χ0n) is 19.1. The molecule has 1 fully saturated rings. The van der Waals surface area contributed by atoms with Crippen LogP contribution >= 0.6 is 0 Å². The Bertz CT molecular complexity index is 1300. The molecule has 11 heteroatoms. The van der Waals surface area contributed by atoms with E-state index in [4.69, 9.17) is 10.5 Å². The summed E-state index contributed by atoms with van der Waals surface area (Å²) in [4.78, 5) is 16.6. The lowest BCUT2D eigenvalue weighted by Crippen LogP contribution is -2.56. The Balaban J connectivity index is 1.97. The third kappa shape index (κ3) is 4.25. The van der Waals surface area contributed by atoms with E-state index < -0.39 is 15.9 Å². The van der Waals surface area contributed by atoms with E-state index >= 15 is 0 Å². The SMILES string of the molecule is COc1ccc(-c2cc3c(N(C4CCNCC4(C)C)S(C)(=O)=O)c(C(N)=O)cnn3c2)cn1. The number of nitrogens with zero attached hydrogens (tertiary/aromatic N) is 4. The Labute approximate surface area is 192 Å². The first-order valence-corrected chi connectivity index (χ1v) is 12.4. The summed E-state index contributed by atoms with van der Waals surface area (Å²) in [5.41, 5.74) is 7.63. The van der Waals surface area contributed by atoms with Crippen LogP contribution in [0.4, 0.5) is 5.69 Å². The summed E-state index contributed by atoms with van der Waals surface area (Å²) in [6, 6.07) is 5.00. The number of nitrogens with two attached hydrogens (primary N) is 1. The molecule has 0 aromatic carbocycles. The maximum absolute atomic E-state index is 13.2. The Hall–Kier alpha value is -3.18. The van der Waals surface area contributed by atoms with Gasteiger partial charge in [-0.1, -0.05) is 13.8 Å². The second kappa shape index (κ2) is 8.31. The minimum atomic E-state index is -3.77. The molecule has 4 heterocycles. The van der Waals surface area contributed by atoms with E-state index in [-0.39, 0.29) is 22.7 Å². The summed E-state index contributed by atoms with van der Waals surface area (Å²) in [7, 11) is -2.23. The van der Waals surface area contributed by atoms with E-state index in [0.717, 1.165) is 17.4 Å². The summed E-state index contributed by atoms with van der Waals surface area (Å²) in [6.45, 7) is 5.33. The van der Waals surface area contributed by atoms with Crippen LogP contribution < -0.4 is 20.1 Å². The molecule has 1 atom stereocenters. The molecule has 1 aliphatic rings. The number of aromatic nitrogens is 3. The molecule has 176 valence electrons. The molecule has 1 unspecified atom stereocenters. The Morgan fingerprint density at radius 3 is 2.64 bits per heavy atom. The van der Waals surface area contributed by atoms with Crippen LogP contribution in [0.5, 0.6) is 5.88 Å². The highest BCUT2D eigenvalue weighted by atomic mass is 32.2. The van der Waals surface area contributed by atoms with E-state index in [1.807, 2.05) is 19.9 Å². The monoisotopic (exact) mass is 472 g/mol. The third-order valence-corrected chi connectivity index (χ3v) is 7.24. The average Bonchev–Trinajstić information content (AvgIpc) is 3.18. The highest BCUT2D eigenvalue weighted by Crippen LogP contribution is 2.39. The number of hydrogen-bond acceptors (Lipinski definition) is 7. The van der Waals surface area contributed by atoms with Crippen molar-refractivity contribution in [3.8, 4) is 17.0 Å². The van der Waals surface area contributed by atoms with Gasteiger partial charge in [-0.25, -0.2) is 17.9 Å². The van der Waals surface area contributed by atoms with Crippen LogP contribution in [-0.2, 0) is 10.0 Å². The second-order valence-electron chi connectivity index (χ2n) is 8.95. The molecule has 0 aliphatic carbocycles. The summed E-state index contributed by atoms with van der Waals surface area (Å²) in [5, 5.41) is 7.65. The topological polar surface area (TPSA) is 132 Å². The van der Waals surface area contributed by atoms with Gasteiger partial charge in [-0.3, -0.25) is 9.10 Å². The summed E-state index contributed by atoms with van der Waals surface area (Å²) in [5.74, 6) is -0.261. The summed E-state index contributed by atoms with van der Waals surface area (Å²) < 4.78 is 34.4. The van der Waals surface area contributed by atoms with Gasteiger partial charge >= 0.3 is 0 Å². The molecule has 1 aliphatic heterocycles. The van der Waals surface area contributed by atoms with Crippen molar-refractivity contribution in [2.45, 2.75) is 26.3 Å². The van der Waals surface area contributed by atoms with Crippen molar-refractivity contribution < 1.29 is 17.9 Å². The summed E-state index contributed by atoms with van der Waals surface area (Å²) >= 11 is 0. The van der Waals surface area contributed by atoms with Crippen LogP contribution in [0.15, 0.2) is 36.8 Å². The smallest absolute Gasteiger partial charge is 0.252 e. The minimum Gasteiger partial charge on any atom is -0.481 e. The van der Waals surface area contributed by atoms with Crippen LogP contribution in [-0.4, -0.2) is 61.4 Å². The number of sulfonamides is 1.